The van der Waals surface area contributed by atoms with Crippen LogP contribution in [0.15, 0.2) is 46.1 Å². The highest BCUT2D eigenvalue weighted by molar-refractivity contribution is 8.07. The molecule has 0 aliphatic carbocycles. The Kier molecular flexibility index (Phi) is 5.83. The van der Waals surface area contributed by atoms with Gasteiger partial charge >= 0.3 is 12.4 Å². The van der Waals surface area contributed by atoms with Crippen LogP contribution in [-0.4, -0.2) is 45.6 Å². The van der Waals surface area contributed by atoms with Gasteiger partial charge in [-0.05, 0) is 6.07 Å². The van der Waals surface area contributed by atoms with Gasteiger partial charge in [-0.1, -0.05) is 18.2 Å². The van der Waals surface area contributed by atoms with Crippen molar-refractivity contribution in [1.82, 2.24) is 9.55 Å². The molecule has 31 heavy (non-hydrogen) atoms. The molecule has 2 aliphatic rings. The molecule has 0 radical (unpaired) electrons. The van der Waals surface area contributed by atoms with Crippen LogP contribution in [0.5, 0.6) is 5.75 Å². The predicted molar refractivity (Wildman–Crippen MR) is 103 cm³/mol. The van der Waals surface area contributed by atoms with Crippen LogP contribution in [0.2, 0.25) is 0 Å². The number of fused-ring (bicyclic) bond motifs is 1. The van der Waals surface area contributed by atoms with E-state index < -0.39 is 55.1 Å². The fourth-order valence-electron chi connectivity index (χ4n) is 3.24. The Morgan fingerprint density at radius 3 is 2.81 bits per heavy atom. The third-order valence-corrected chi connectivity index (χ3v) is 7.09. The van der Waals surface area contributed by atoms with Crippen molar-refractivity contribution < 1.29 is 36.6 Å². The second-order valence-electron chi connectivity index (χ2n) is 6.86. The topological polar surface area (TPSA) is 112 Å². The summed E-state index contributed by atoms with van der Waals surface area (Å²) in [4.78, 5) is 25.0. The van der Waals surface area contributed by atoms with Gasteiger partial charge in [-0.25, -0.2) is 18.0 Å². The van der Waals surface area contributed by atoms with E-state index in [-0.39, 0.29) is 6.61 Å². The van der Waals surface area contributed by atoms with E-state index in [1.165, 1.54) is 0 Å². The molecular formula is C17H16F3N2O7PS. The molecule has 1 saturated heterocycles. The Morgan fingerprint density at radius 2 is 2.10 bits per heavy atom. The molecule has 0 spiro atoms. The van der Waals surface area contributed by atoms with Gasteiger partial charge in [-0.2, -0.15) is 0 Å². The lowest BCUT2D eigenvalue weighted by Crippen LogP contribution is -2.52. The number of nitrogens with zero attached hydrogens (tertiary/aromatic N) is 1. The molecular weight excluding hydrogens is 464 g/mol. The van der Waals surface area contributed by atoms with Crippen molar-refractivity contribution in [1.29, 1.82) is 0 Å². The van der Waals surface area contributed by atoms with Crippen LogP contribution in [0.3, 0.4) is 0 Å². The number of aliphatic hydroxyl groups is 1. The zero-order valence-electron chi connectivity index (χ0n) is 15.5. The standard InChI is InChI=1S/C17H16F3N2O7PS/c18-12-13(24)17(15(19)20,28-14(12)22-6-5-11(23)21-16(22)25)8-27-30(31)26-7-9-3-1-2-4-10(9)29-30/h1-6,12-15,24H,7-8H2,(H,21,23,25)/t12-,13+,14-,17-,30?/m1/s1. The summed E-state index contributed by atoms with van der Waals surface area (Å²) in [6.07, 6.45) is -9.31. The number of benzene rings is 1. The zero-order valence-corrected chi connectivity index (χ0v) is 17.2. The van der Waals surface area contributed by atoms with E-state index in [4.69, 9.17) is 30.1 Å². The van der Waals surface area contributed by atoms with Crippen LogP contribution in [-0.2, 0) is 32.2 Å². The summed E-state index contributed by atoms with van der Waals surface area (Å²) in [7, 11) is 0. The van der Waals surface area contributed by atoms with Crippen molar-refractivity contribution >= 4 is 18.5 Å². The third-order valence-electron chi connectivity index (χ3n) is 4.92. The molecule has 2 aromatic rings. The molecule has 0 amide bonds. The molecule has 0 bridgehead atoms. The summed E-state index contributed by atoms with van der Waals surface area (Å²) in [5.74, 6) is 0.358. The van der Waals surface area contributed by atoms with Crippen LogP contribution < -0.4 is 15.8 Å². The van der Waals surface area contributed by atoms with Gasteiger partial charge in [-0.15, -0.1) is 0 Å². The van der Waals surface area contributed by atoms with Crippen molar-refractivity contribution in [3.8, 4) is 5.75 Å². The third kappa shape index (κ3) is 3.97. The van der Waals surface area contributed by atoms with Crippen LogP contribution in [0.25, 0.3) is 0 Å². The Hall–Kier alpha value is -2.02. The maximum atomic E-state index is 14.8. The Balaban J connectivity index is 1.58. The van der Waals surface area contributed by atoms with E-state index >= 15 is 0 Å². The Morgan fingerprint density at radius 1 is 1.35 bits per heavy atom. The van der Waals surface area contributed by atoms with Crippen LogP contribution in [0.4, 0.5) is 13.2 Å². The minimum atomic E-state index is -3.56. The molecule has 2 N–H and O–H groups in total. The summed E-state index contributed by atoms with van der Waals surface area (Å²) >= 11 is 5.20. The summed E-state index contributed by atoms with van der Waals surface area (Å²) in [6, 6.07) is 7.62. The molecule has 1 aromatic carbocycles. The summed E-state index contributed by atoms with van der Waals surface area (Å²) < 4.78 is 64.7. The quantitative estimate of drug-likeness (QED) is 0.622. The van der Waals surface area contributed by atoms with Crippen molar-refractivity contribution in [2.75, 3.05) is 6.61 Å². The minimum Gasteiger partial charge on any atom is -0.424 e. The number of hydrogen-bond donors (Lipinski definition) is 2. The predicted octanol–water partition coefficient (Wildman–Crippen LogP) is 1.62. The molecule has 2 aliphatic heterocycles. The van der Waals surface area contributed by atoms with E-state index in [1.54, 1.807) is 24.3 Å². The van der Waals surface area contributed by atoms with E-state index in [9.17, 15) is 27.9 Å². The van der Waals surface area contributed by atoms with Crippen molar-refractivity contribution in [2.24, 2.45) is 0 Å². The monoisotopic (exact) mass is 480 g/mol. The fraction of sp³-hybridized carbons (Fsp3) is 0.412. The number of para-hydroxylation sites is 1. The number of H-pyrrole nitrogens is 1. The smallest absolute Gasteiger partial charge is 0.381 e. The molecule has 1 unspecified atom stereocenters. The van der Waals surface area contributed by atoms with Crippen LogP contribution in [0.1, 0.15) is 11.8 Å². The van der Waals surface area contributed by atoms with Crippen molar-refractivity contribution in [3.05, 3.63) is 62.9 Å². The van der Waals surface area contributed by atoms with E-state index in [2.05, 4.69) is 0 Å². The number of hydrogen-bond acceptors (Lipinski definition) is 8. The molecule has 0 saturated carbocycles. The van der Waals surface area contributed by atoms with Crippen molar-refractivity contribution in [2.45, 2.75) is 37.1 Å². The average Bonchev–Trinajstić information content (AvgIpc) is 2.98. The lowest BCUT2D eigenvalue weighted by Gasteiger charge is -2.34. The van der Waals surface area contributed by atoms with E-state index in [1.807, 2.05) is 4.98 Å². The van der Waals surface area contributed by atoms with Gasteiger partial charge in [0.1, 0.15) is 11.9 Å². The first-order valence-corrected chi connectivity index (χ1v) is 11.5. The lowest BCUT2D eigenvalue weighted by molar-refractivity contribution is -0.193. The van der Waals surface area contributed by atoms with Gasteiger partial charge in [0.05, 0.1) is 13.2 Å². The maximum Gasteiger partial charge on any atom is 0.381 e. The molecule has 168 valence electrons. The fourth-order valence-corrected chi connectivity index (χ4v) is 5.05. The molecule has 1 aromatic heterocycles. The van der Waals surface area contributed by atoms with Gasteiger partial charge < -0.3 is 14.4 Å². The van der Waals surface area contributed by atoms with Crippen LogP contribution >= 0.6 is 6.72 Å². The van der Waals surface area contributed by atoms with Crippen molar-refractivity contribution in [3.63, 3.8) is 0 Å². The second-order valence-corrected chi connectivity index (χ2v) is 9.80. The normalized spacial score (nSPS) is 32.6. The molecule has 3 heterocycles. The Labute approximate surface area is 177 Å². The largest absolute Gasteiger partial charge is 0.424 e. The molecule has 14 heteroatoms. The van der Waals surface area contributed by atoms with Gasteiger partial charge in [0.15, 0.2) is 18.0 Å². The highest BCUT2D eigenvalue weighted by Crippen LogP contribution is 2.56. The SMILES string of the molecule is O=c1ccn([C@@H]2O[C@@](COP3(=S)OCc4ccccc4O3)(C(F)F)[C@@H](O)[C@H]2F)c(=O)[nH]1. The van der Waals surface area contributed by atoms with Crippen LogP contribution in [0, 0.1) is 0 Å². The summed E-state index contributed by atoms with van der Waals surface area (Å²) in [6.45, 7) is -4.62. The number of ether oxygens (including phenoxy) is 1. The Bertz CT molecular complexity index is 1140. The van der Waals surface area contributed by atoms with Gasteiger partial charge in [0.2, 0.25) is 0 Å². The minimum absolute atomic E-state index is 0.0136. The number of aromatic nitrogens is 2. The highest BCUT2D eigenvalue weighted by atomic mass is 32.5. The summed E-state index contributed by atoms with van der Waals surface area (Å²) in [5, 5.41) is 10.3. The number of aromatic amines is 1. The number of alkyl halides is 3. The second kappa shape index (κ2) is 8.15. The molecule has 9 nitrogen and oxygen atoms in total. The lowest BCUT2D eigenvalue weighted by atomic mass is 9.97. The van der Waals surface area contributed by atoms with Gasteiger partial charge in [-0.3, -0.25) is 23.4 Å². The number of aliphatic hydroxyl groups excluding tert-OH is 1. The molecule has 1 fully saturated rings. The average molecular weight is 480 g/mol. The molecule has 5 atom stereocenters. The maximum absolute atomic E-state index is 14.8. The first-order chi connectivity index (χ1) is 14.7. The first-order valence-electron chi connectivity index (χ1n) is 8.91. The van der Waals surface area contributed by atoms with E-state index in [0.29, 0.717) is 15.9 Å². The summed E-state index contributed by atoms with van der Waals surface area (Å²) in [5.41, 5.74) is -4.06. The van der Waals surface area contributed by atoms with E-state index in [0.717, 1.165) is 12.3 Å². The first kappa shape index (κ1) is 22.2. The number of rotatable bonds is 5. The number of nitrogens with one attached hydrogen (secondary N) is 1. The molecule has 4 rings (SSSR count). The van der Waals surface area contributed by atoms with Gasteiger partial charge in [0.25, 0.3) is 12.0 Å². The highest BCUT2D eigenvalue weighted by Gasteiger charge is 2.62. The number of halogens is 3. The van der Waals surface area contributed by atoms with Gasteiger partial charge in [0, 0.05) is 29.6 Å². The zero-order chi connectivity index (χ0) is 22.4.